The van der Waals surface area contributed by atoms with E-state index in [0.717, 1.165) is 5.56 Å². The van der Waals surface area contributed by atoms with Crippen molar-refractivity contribution in [3.05, 3.63) is 41.5 Å². The van der Waals surface area contributed by atoms with Gasteiger partial charge in [0.05, 0.1) is 0 Å². The highest BCUT2D eigenvalue weighted by atomic mass is 32.2. The van der Waals surface area contributed by atoms with Crippen LogP contribution in [0.3, 0.4) is 0 Å². The van der Waals surface area contributed by atoms with Crippen molar-refractivity contribution in [2.75, 3.05) is 0 Å². The number of rotatable bonds is 8. The van der Waals surface area contributed by atoms with Crippen LogP contribution < -0.4 is 10.0 Å². The van der Waals surface area contributed by atoms with Gasteiger partial charge in [0.15, 0.2) is 5.76 Å². The number of amides is 1. The predicted octanol–water partition coefficient (Wildman–Crippen LogP) is 1.70. The summed E-state index contributed by atoms with van der Waals surface area (Å²) < 4.78 is 32.8. The molecule has 0 fully saturated rings. The van der Waals surface area contributed by atoms with Crippen LogP contribution in [0.5, 0.6) is 0 Å². The summed E-state index contributed by atoms with van der Waals surface area (Å²) in [5, 5.41) is 6.43. The van der Waals surface area contributed by atoms with Crippen molar-refractivity contribution in [3.8, 4) is 0 Å². The molecule has 0 aliphatic heterocycles. The summed E-state index contributed by atoms with van der Waals surface area (Å²) in [6, 6.07) is 2.71. The third-order valence-corrected chi connectivity index (χ3v) is 5.46. The molecular formula is C17H24N4O4S. The summed E-state index contributed by atoms with van der Waals surface area (Å²) in [5.74, 6) is -0.0801. The Kier molecular flexibility index (Phi) is 6.49. The number of aryl methyl sites for hydroxylation is 2. The smallest absolute Gasteiger partial charge is 0.246 e. The van der Waals surface area contributed by atoms with Crippen LogP contribution in [0.2, 0.25) is 0 Å². The first-order valence-corrected chi connectivity index (χ1v) is 9.81. The molecule has 0 radical (unpaired) electrons. The highest BCUT2D eigenvalue weighted by Gasteiger charge is 2.30. The van der Waals surface area contributed by atoms with Gasteiger partial charge in [-0.15, -0.1) is 0 Å². The van der Waals surface area contributed by atoms with Gasteiger partial charge in [-0.25, -0.2) is 8.42 Å². The number of hydrogen-bond acceptors (Lipinski definition) is 6. The van der Waals surface area contributed by atoms with Gasteiger partial charge in [0.1, 0.15) is 16.6 Å². The zero-order valence-electron chi connectivity index (χ0n) is 15.3. The summed E-state index contributed by atoms with van der Waals surface area (Å²) >= 11 is 0. The van der Waals surface area contributed by atoms with Crippen molar-refractivity contribution in [2.45, 2.75) is 51.6 Å². The largest absolute Gasteiger partial charge is 0.360 e. The van der Waals surface area contributed by atoms with E-state index in [9.17, 15) is 13.2 Å². The van der Waals surface area contributed by atoms with Gasteiger partial charge >= 0.3 is 0 Å². The first-order valence-electron chi connectivity index (χ1n) is 8.32. The normalized spacial score (nSPS) is 13.0. The molecule has 2 aromatic heterocycles. The van der Waals surface area contributed by atoms with E-state index in [1.807, 2.05) is 19.9 Å². The zero-order chi connectivity index (χ0) is 19.3. The minimum Gasteiger partial charge on any atom is -0.360 e. The number of carbonyl (C=O) groups is 1. The van der Waals surface area contributed by atoms with Crippen LogP contribution in [-0.2, 0) is 21.4 Å². The van der Waals surface area contributed by atoms with Crippen LogP contribution in [0.25, 0.3) is 0 Å². The second-order valence-corrected chi connectivity index (χ2v) is 8.19. The summed E-state index contributed by atoms with van der Waals surface area (Å²) in [4.78, 5) is 16.5. The molecule has 0 aliphatic rings. The van der Waals surface area contributed by atoms with E-state index in [1.54, 1.807) is 25.4 Å². The SMILES string of the molecule is Cc1noc(C)c1S(=O)(=O)N[C@H](CC(C)C)C(=O)NCc1cccnc1. The predicted molar refractivity (Wildman–Crippen MR) is 95.6 cm³/mol. The number of hydrogen-bond donors (Lipinski definition) is 2. The monoisotopic (exact) mass is 380 g/mol. The number of nitrogens with one attached hydrogen (secondary N) is 2. The van der Waals surface area contributed by atoms with Crippen molar-refractivity contribution in [1.29, 1.82) is 0 Å². The Labute approximate surface area is 153 Å². The molecule has 1 atom stereocenters. The standard InChI is InChI=1S/C17H24N4O4S/c1-11(2)8-15(17(22)19-10-14-6-5-7-18-9-14)21-26(23,24)16-12(3)20-25-13(16)4/h5-7,9,11,15,21H,8,10H2,1-4H3,(H,19,22)/t15-/m1/s1. The van der Waals surface area contributed by atoms with Crippen molar-refractivity contribution < 1.29 is 17.7 Å². The third kappa shape index (κ3) is 5.12. The van der Waals surface area contributed by atoms with E-state index in [1.165, 1.54) is 6.92 Å². The molecule has 2 aromatic rings. The summed E-state index contributed by atoms with van der Waals surface area (Å²) in [7, 11) is -3.93. The van der Waals surface area contributed by atoms with Gasteiger partial charge in [-0.1, -0.05) is 25.1 Å². The van der Waals surface area contributed by atoms with Crippen LogP contribution in [0, 0.1) is 19.8 Å². The van der Waals surface area contributed by atoms with Crippen LogP contribution in [-0.4, -0.2) is 30.5 Å². The highest BCUT2D eigenvalue weighted by molar-refractivity contribution is 7.89. The lowest BCUT2D eigenvalue weighted by Crippen LogP contribution is -2.47. The van der Waals surface area contributed by atoms with Crippen molar-refractivity contribution >= 4 is 15.9 Å². The van der Waals surface area contributed by atoms with E-state index in [2.05, 4.69) is 20.2 Å². The molecule has 0 saturated carbocycles. The van der Waals surface area contributed by atoms with Gasteiger partial charge < -0.3 is 9.84 Å². The number of sulfonamides is 1. The third-order valence-electron chi connectivity index (χ3n) is 3.75. The molecule has 142 valence electrons. The second kappa shape index (κ2) is 8.41. The molecule has 0 spiro atoms. The van der Waals surface area contributed by atoms with Crippen LogP contribution in [0.4, 0.5) is 0 Å². The van der Waals surface area contributed by atoms with Gasteiger partial charge in [-0.05, 0) is 37.8 Å². The van der Waals surface area contributed by atoms with Crippen molar-refractivity contribution in [2.24, 2.45) is 5.92 Å². The van der Waals surface area contributed by atoms with Crippen LogP contribution in [0.15, 0.2) is 33.9 Å². The average Bonchev–Trinajstić information content (AvgIpc) is 2.91. The molecular weight excluding hydrogens is 356 g/mol. The van der Waals surface area contributed by atoms with E-state index >= 15 is 0 Å². The van der Waals surface area contributed by atoms with Crippen LogP contribution in [0.1, 0.15) is 37.3 Å². The second-order valence-electron chi connectivity index (χ2n) is 6.54. The summed E-state index contributed by atoms with van der Waals surface area (Å²) in [6.07, 6.45) is 3.65. The molecule has 0 aliphatic carbocycles. The summed E-state index contributed by atoms with van der Waals surface area (Å²) in [6.45, 7) is 7.19. The number of pyridine rings is 1. The first kappa shape index (κ1) is 20.1. The fourth-order valence-electron chi connectivity index (χ4n) is 2.60. The quantitative estimate of drug-likeness (QED) is 0.720. The van der Waals surface area contributed by atoms with Gasteiger partial charge in [0, 0.05) is 18.9 Å². The van der Waals surface area contributed by atoms with Crippen molar-refractivity contribution in [3.63, 3.8) is 0 Å². The van der Waals surface area contributed by atoms with Crippen molar-refractivity contribution in [1.82, 2.24) is 20.2 Å². The minimum absolute atomic E-state index is 0.0219. The molecule has 9 heteroatoms. The lowest BCUT2D eigenvalue weighted by Gasteiger charge is -2.20. The molecule has 0 unspecified atom stereocenters. The van der Waals surface area contributed by atoms with Gasteiger partial charge in [-0.2, -0.15) is 4.72 Å². The first-order chi connectivity index (χ1) is 12.2. The Morgan fingerprint density at radius 1 is 1.31 bits per heavy atom. The topological polar surface area (TPSA) is 114 Å². The Bertz CT molecular complexity index is 827. The molecule has 0 saturated heterocycles. The maximum absolute atomic E-state index is 12.7. The Hall–Kier alpha value is -2.26. The summed E-state index contributed by atoms with van der Waals surface area (Å²) in [5.41, 5.74) is 1.09. The number of aromatic nitrogens is 2. The fraction of sp³-hybridized carbons (Fsp3) is 0.471. The molecule has 2 N–H and O–H groups in total. The molecule has 2 heterocycles. The number of carbonyl (C=O) groups excluding carboxylic acids is 1. The average molecular weight is 380 g/mol. The molecule has 8 nitrogen and oxygen atoms in total. The van der Waals surface area contributed by atoms with E-state index in [-0.39, 0.29) is 28.8 Å². The molecule has 1 amide bonds. The Morgan fingerprint density at radius 2 is 2.04 bits per heavy atom. The Morgan fingerprint density at radius 3 is 2.58 bits per heavy atom. The molecule has 0 aromatic carbocycles. The maximum Gasteiger partial charge on any atom is 0.246 e. The minimum atomic E-state index is -3.93. The zero-order valence-corrected chi connectivity index (χ0v) is 16.1. The lowest BCUT2D eigenvalue weighted by molar-refractivity contribution is -0.123. The van der Waals surface area contributed by atoms with Gasteiger partial charge in [-0.3, -0.25) is 9.78 Å². The molecule has 2 rings (SSSR count). The van der Waals surface area contributed by atoms with E-state index < -0.39 is 22.0 Å². The van der Waals surface area contributed by atoms with Gasteiger partial charge in [0.25, 0.3) is 0 Å². The molecule has 26 heavy (non-hydrogen) atoms. The molecule has 0 bridgehead atoms. The maximum atomic E-state index is 12.7. The van der Waals surface area contributed by atoms with E-state index in [4.69, 9.17) is 4.52 Å². The highest BCUT2D eigenvalue weighted by Crippen LogP contribution is 2.20. The van der Waals surface area contributed by atoms with E-state index in [0.29, 0.717) is 6.42 Å². The van der Waals surface area contributed by atoms with Crippen LogP contribution >= 0.6 is 0 Å². The van der Waals surface area contributed by atoms with Gasteiger partial charge in [0.2, 0.25) is 15.9 Å². The fourth-order valence-corrected chi connectivity index (χ4v) is 4.14. The lowest BCUT2D eigenvalue weighted by atomic mass is 10.0. The Balaban J connectivity index is 2.15. The number of nitrogens with zero attached hydrogens (tertiary/aromatic N) is 2.